The average Bonchev–Trinajstić information content (AvgIpc) is 2.34. The summed E-state index contributed by atoms with van der Waals surface area (Å²) in [5, 5.41) is 2.67. The number of rotatable bonds is 6. The molecule has 0 radical (unpaired) electrons. The largest absolute Gasteiger partial charge is 0.348 e. The smallest absolute Gasteiger partial charge is 0.325 e. The third-order valence-corrected chi connectivity index (χ3v) is 2.59. The molecule has 1 aromatic rings. The summed E-state index contributed by atoms with van der Waals surface area (Å²) in [6.45, 7) is 2.36. The van der Waals surface area contributed by atoms with E-state index in [1.807, 2.05) is 11.9 Å². The maximum atomic E-state index is 11.8. The maximum Gasteiger partial charge on any atom is 0.325 e. The summed E-state index contributed by atoms with van der Waals surface area (Å²) in [6, 6.07) is -0.163. The van der Waals surface area contributed by atoms with E-state index < -0.39 is 17.2 Å². The zero-order valence-electron chi connectivity index (χ0n) is 10.3. The van der Waals surface area contributed by atoms with Gasteiger partial charge in [0.1, 0.15) is 5.56 Å². The van der Waals surface area contributed by atoms with E-state index in [0.29, 0.717) is 6.54 Å². The van der Waals surface area contributed by atoms with Gasteiger partial charge >= 0.3 is 5.69 Å². The van der Waals surface area contributed by atoms with E-state index in [1.165, 1.54) is 0 Å². The Balaban J connectivity index is 2.74. The molecule has 1 rings (SSSR count). The molecular weight excluding hydrogens is 236 g/mol. The molecule has 0 fully saturated rings. The van der Waals surface area contributed by atoms with Crippen LogP contribution in [0.5, 0.6) is 0 Å². The van der Waals surface area contributed by atoms with Crippen molar-refractivity contribution in [2.45, 2.75) is 32.2 Å². The second kappa shape index (κ2) is 6.75. The van der Waals surface area contributed by atoms with E-state index in [1.54, 1.807) is 0 Å². The number of hydrogen-bond acceptors (Lipinski definition) is 4. The lowest BCUT2D eigenvalue weighted by Gasteiger charge is -2.15. The van der Waals surface area contributed by atoms with E-state index >= 15 is 0 Å². The van der Waals surface area contributed by atoms with Crippen LogP contribution in [0.4, 0.5) is 0 Å². The minimum absolute atomic E-state index is 0.121. The van der Waals surface area contributed by atoms with Gasteiger partial charge in [0, 0.05) is 18.8 Å². The van der Waals surface area contributed by atoms with Gasteiger partial charge in [-0.05, 0) is 6.42 Å². The summed E-state index contributed by atoms with van der Waals surface area (Å²) in [7, 11) is 0. The number of H-pyrrole nitrogens is 2. The predicted octanol–water partition coefficient (Wildman–Crippen LogP) is -0.689. The average molecular weight is 254 g/mol. The number of nitrogens with one attached hydrogen (secondary N) is 3. The number of nitrogens with two attached hydrogens (primary N) is 1. The Morgan fingerprint density at radius 2 is 2.22 bits per heavy atom. The van der Waals surface area contributed by atoms with Crippen molar-refractivity contribution in [3.63, 3.8) is 0 Å². The van der Waals surface area contributed by atoms with Crippen LogP contribution in [0, 0.1) is 0 Å². The summed E-state index contributed by atoms with van der Waals surface area (Å²) in [5.41, 5.74) is 4.08. The van der Waals surface area contributed by atoms with E-state index in [0.717, 1.165) is 25.5 Å². The van der Waals surface area contributed by atoms with E-state index in [-0.39, 0.29) is 11.6 Å². The number of unbranched alkanes of at least 4 members (excludes halogenated alkanes) is 1. The van der Waals surface area contributed by atoms with Crippen molar-refractivity contribution >= 4 is 5.91 Å². The van der Waals surface area contributed by atoms with Crippen molar-refractivity contribution in [3.8, 4) is 0 Å². The molecule has 7 nitrogen and oxygen atoms in total. The molecule has 0 saturated heterocycles. The number of amides is 1. The van der Waals surface area contributed by atoms with Gasteiger partial charge < -0.3 is 16.0 Å². The Bertz CT molecular complexity index is 506. The highest BCUT2D eigenvalue weighted by Gasteiger charge is 2.15. The van der Waals surface area contributed by atoms with Gasteiger partial charge in [-0.1, -0.05) is 19.8 Å². The quantitative estimate of drug-likeness (QED) is 0.537. The Morgan fingerprint density at radius 1 is 1.50 bits per heavy atom. The zero-order chi connectivity index (χ0) is 13.5. The molecule has 1 amide bonds. The lowest BCUT2D eigenvalue weighted by atomic mass is 10.1. The second-order valence-electron chi connectivity index (χ2n) is 4.03. The molecule has 5 N–H and O–H groups in total. The summed E-state index contributed by atoms with van der Waals surface area (Å²) in [5.74, 6) is -0.529. The third-order valence-electron chi connectivity index (χ3n) is 2.59. The molecule has 1 aromatic heterocycles. The lowest BCUT2D eigenvalue weighted by molar-refractivity contribution is 0.0933. The Morgan fingerprint density at radius 3 is 2.78 bits per heavy atom. The molecular formula is C11H18N4O3. The molecule has 18 heavy (non-hydrogen) atoms. The summed E-state index contributed by atoms with van der Waals surface area (Å²) in [4.78, 5) is 38.3. The third kappa shape index (κ3) is 3.85. The second-order valence-corrected chi connectivity index (χ2v) is 4.03. The van der Waals surface area contributed by atoms with Gasteiger partial charge in [-0.15, -0.1) is 0 Å². The summed E-state index contributed by atoms with van der Waals surface area (Å²) < 4.78 is 0. The van der Waals surface area contributed by atoms with Gasteiger partial charge in [-0.3, -0.25) is 14.6 Å². The number of hydrogen-bond donors (Lipinski definition) is 4. The molecule has 0 aliphatic heterocycles. The molecule has 0 aliphatic rings. The van der Waals surface area contributed by atoms with Crippen molar-refractivity contribution in [3.05, 3.63) is 32.6 Å². The van der Waals surface area contributed by atoms with Crippen LogP contribution >= 0.6 is 0 Å². The van der Waals surface area contributed by atoms with Crippen LogP contribution in [0.25, 0.3) is 0 Å². The zero-order valence-corrected chi connectivity index (χ0v) is 10.3. The number of aromatic nitrogens is 2. The predicted molar refractivity (Wildman–Crippen MR) is 67.5 cm³/mol. The minimum atomic E-state index is -0.706. The van der Waals surface area contributed by atoms with Crippen molar-refractivity contribution in [2.24, 2.45) is 5.73 Å². The van der Waals surface area contributed by atoms with Crippen LogP contribution < -0.4 is 22.3 Å². The summed E-state index contributed by atoms with van der Waals surface area (Å²) in [6.07, 6.45) is 3.82. The number of aromatic amines is 2. The molecule has 0 saturated carbocycles. The minimum Gasteiger partial charge on any atom is -0.348 e. The van der Waals surface area contributed by atoms with Gasteiger partial charge in [0.15, 0.2) is 0 Å². The Labute approximate surface area is 104 Å². The first-order valence-electron chi connectivity index (χ1n) is 5.91. The van der Waals surface area contributed by atoms with Gasteiger partial charge in [0.05, 0.1) is 0 Å². The first kappa shape index (κ1) is 14.2. The molecule has 0 bridgehead atoms. The normalized spacial score (nSPS) is 12.1. The van der Waals surface area contributed by atoms with Crippen molar-refractivity contribution in [2.75, 3.05) is 6.54 Å². The fourth-order valence-corrected chi connectivity index (χ4v) is 1.54. The molecule has 0 aliphatic carbocycles. The molecule has 0 aromatic carbocycles. The molecule has 7 heteroatoms. The highest BCUT2D eigenvalue weighted by Crippen LogP contribution is 2.00. The summed E-state index contributed by atoms with van der Waals surface area (Å²) >= 11 is 0. The highest BCUT2D eigenvalue weighted by atomic mass is 16.2. The molecule has 1 heterocycles. The molecule has 100 valence electrons. The van der Waals surface area contributed by atoms with Crippen molar-refractivity contribution < 1.29 is 4.79 Å². The topological polar surface area (TPSA) is 121 Å². The van der Waals surface area contributed by atoms with Crippen LogP contribution in [0.1, 0.15) is 36.5 Å². The van der Waals surface area contributed by atoms with Gasteiger partial charge in [-0.25, -0.2) is 4.79 Å². The van der Waals surface area contributed by atoms with E-state index in [2.05, 4.69) is 10.3 Å². The van der Waals surface area contributed by atoms with Gasteiger partial charge in [-0.2, -0.15) is 0 Å². The fraction of sp³-hybridized carbons (Fsp3) is 0.545. The SMILES string of the molecule is CCCCC(CN)NC(=O)c1c[nH]c(=O)[nH]c1=O. The Kier molecular flexibility index (Phi) is 5.31. The monoisotopic (exact) mass is 254 g/mol. The van der Waals surface area contributed by atoms with Crippen LogP contribution in [-0.2, 0) is 0 Å². The van der Waals surface area contributed by atoms with E-state index in [9.17, 15) is 14.4 Å². The van der Waals surface area contributed by atoms with Crippen molar-refractivity contribution in [1.82, 2.24) is 15.3 Å². The molecule has 0 spiro atoms. The highest BCUT2D eigenvalue weighted by molar-refractivity contribution is 5.93. The number of carbonyl (C=O) groups is 1. The van der Waals surface area contributed by atoms with Crippen LogP contribution in [0.3, 0.4) is 0 Å². The van der Waals surface area contributed by atoms with Gasteiger partial charge in [0.2, 0.25) is 0 Å². The Hall–Kier alpha value is -1.89. The number of carbonyl (C=O) groups excluding carboxylic acids is 1. The van der Waals surface area contributed by atoms with E-state index in [4.69, 9.17) is 5.73 Å². The van der Waals surface area contributed by atoms with Crippen LogP contribution in [-0.4, -0.2) is 28.5 Å². The van der Waals surface area contributed by atoms with Crippen molar-refractivity contribution in [1.29, 1.82) is 0 Å². The standard InChI is InChI=1S/C11H18N4O3/c1-2-3-4-7(5-12)14-9(16)8-6-13-11(18)15-10(8)17/h6-7H,2-5,12H2,1H3,(H,14,16)(H2,13,15,17,18). The molecule has 1 unspecified atom stereocenters. The van der Waals surface area contributed by atoms with Gasteiger partial charge in [0.25, 0.3) is 11.5 Å². The van der Waals surface area contributed by atoms with Crippen LogP contribution in [0.15, 0.2) is 15.8 Å². The van der Waals surface area contributed by atoms with Crippen LogP contribution in [0.2, 0.25) is 0 Å². The fourth-order valence-electron chi connectivity index (χ4n) is 1.54. The first-order valence-corrected chi connectivity index (χ1v) is 5.91. The lowest BCUT2D eigenvalue weighted by Crippen LogP contribution is -2.42. The molecule has 1 atom stereocenters. The maximum absolute atomic E-state index is 11.8. The first-order chi connectivity index (χ1) is 8.58.